The van der Waals surface area contributed by atoms with Gasteiger partial charge in [-0.05, 0) is 37.1 Å². The van der Waals surface area contributed by atoms with Crippen LogP contribution in [-0.4, -0.2) is 26.0 Å². The van der Waals surface area contributed by atoms with Gasteiger partial charge in [0.15, 0.2) is 21.5 Å². The third-order valence-corrected chi connectivity index (χ3v) is 6.02. The molecule has 1 aromatic rings. The molecule has 112 valence electrons. The van der Waals surface area contributed by atoms with Gasteiger partial charge >= 0.3 is 0 Å². The van der Waals surface area contributed by atoms with Gasteiger partial charge in [0, 0.05) is 6.04 Å². The van der Waals surface area contributed by atoms with Gasteiger partial charge in [-0.1, -0.05) is 19.4 Å². The Morgan fingerprint density at radius 2 is 2.05 bits per heavy atom. The first-order valence-electron chi connectivity index (χ1n) is 6.85. The highest BCUT2D eigenvalue weighted by Crippen LogP contribution is 2.31. The highest BCUT2D eigenvalue weighted by atomic mass is 32.2. The Balaban J connectivity index is 2.37. The second-order valence-corrected chi connectivity index (χ2v) is 7.45. The van der Waals surface area contributed by atoms with Crippen LogP contribution in [0.25, 0.3) is 0 Å². The van der Waals surface area contributed by atoms with Crippen molar-refractivity contribution in [3.63, 3.8) is 0 Å². The number of rotatable bonds is 4. The summed E-state index contributed by atoms with van der Waals surface area (Å²) >= 11 is 0. The van der Waals surface area contributed by atoms with Crippen LogP contribution in [0.15, 0.2) is 18.2 Å². The molecule has 2 rings (SSSR count). The molecule has 2 atom stereocenters. The zero-order valence-corrected chi connectivity index (χ0v) is 12.2. The molecule has 0 amide bonds. The maximum absolute atomic E-state index is 13.4. The van der Waals surface area contributed by atoms with Gasteiger partial charge in [0.25, 0.3) is 0 Å². The van der Waals surface area contributed by atoms with Crippen LogP contribution in [0.3, 0.4) is 0 Å². The van der Waals surface area contributed by atoms with Crippen molar-refractivity contribution in [1.82, 2.24) is 5.32 Å². The molecule has 0 radical (unpaired) electrons. The van der Waals surface area contributed by atoms with Crippen LogP contribution in [0.1, 0.15) is 37.8 Å². The van der Waals surface area contributed by atoms with E-state index in [0.29, 0.717) is 24.9 Å². The number of hydrogen-bond acceptors (Lipinski definition) is 3. The number of sulfone groups is 1. The van der Waals surface area contributed by atoms with E-state index in [1.165, 1.54) is 6.07 Å². The molecule has 1 saturated heterocycles. The molecule has 3 nitrogen and oxygen atoms in total. The van der Waals surface area contributed by atoms with E-state index in [4.69, 9.17) is 0 Å². The summed E-state index contributed by atoms with van der Waals surface area (Å²) in [7, 11) is -3.19. The van der Waals surface area contributed by atoms with Gasteiger partial charge in [0.1, 0.15) is 0 Å². The minimum Gasteiger partial charge on any atom is -0.309 e. The molecule has 0 bridgehead atoms. The summed E-state index contributed by atoms with van der Waals surface area (Å²) in [6.07, 6.45) is 2.07. The Bertz CT molecular complexity index is 575. The monoisotopic (exact) mass is 303 g/mol. The van der Waals surface area contributed by atoms with Gasteiger partial charge < -0.3 is 5.32 Å². The Hall–Kier alpha value is -1.01. The average molecular weight is 303 g/mol. The SMILES string of the molecule is CCNC(c1ccc(F)c(F)c1)C1CCCCS1(=O)=O. The van der Waals surface area contributed by atoms with Crippen molar-refractivity contribution in [3.8, 4) is 0 Å². The van der Waals surface area contributed by atoms with E-state index in [1.807, 2.05) is 6.92 Å². The van der Waals surface area contributed by atoms with Gasteiger partial charge in [-0.3, -0.25) is 0 Å². The number of hydrogen-bond donors (Lipinski definition) is 1. The fourth-order valence-electron chi connectivity index (χ4n) is 2.74. The van der Waals surface area contributed by atoms with Crippen LogP contribution >= 0.6 is 0 Å². The third-order valence-electron chi connectivity index (χ3n) is 3.73. The Morgan fingerprint density at radius 3 is 2.65 bits per heavy atom. The summed E-state index contributed by atoms with van der Waals surface area (Å²) in [6.45, 7) is 2.43. The van der Waals surface area contributed by atoms with Crippen LogP contribution in [0.5, 0.6) is 0 Å². The zero-order chi connectivity index (χ0) is 14.8. The van der Waals surface area contributed by atoms with E-state index in [1.54, 1.807) is 0 Å². The van der Waals surface area contributed by atoms with Crippen LogP contribution in [0.2, 0.25) is 0 Å². The highest BCUT2D eigenvalue weighted by molar-refractivity contribution is 7.92. The predicted molar refractivity (Wildman–Crippen MR) is 74.2 cm³/mol. The molecule has 2 unspecified atom stereocenters. The number of nitrogens with one attached hydrogen (secondary N) is 1. The Kier molecular flexibility index (Phi) is 4.75. The topological polar surface area (TPSA) is 46.2 Å². The lowest BCUT2D eigenvalue weighted by Gasteiger charge is -2.31. The van der Waals surface area contributed by atoms with Crippen LogP contribution in [0.4, 0.5) is 8.78 Å². The standard InChI is InChI=1S/C14H19F2NO2S/c1-2-17-14(10-6-7-11(15)12(16)9-10)13-5-3-4-8-20(13,18)19/h6-7,9,13-14,17H,2-5,8H2,1H3. The van der Waals surface area contributed by atoms with Crippen molar-refractivity contribution in [2.24, 2.45) is 0 Å². The van der Waals surface area contributed by atoms with Crippen molar-refractivity contribution < 1.29 is 17.2 Å². The zero-order valence-electron chi connectivity index (χ0n) is 11.4. The maximum atomic E-state index is 13.4. The van der Waals surface area contributed by atoms with Crippen LogP contribution < -0.4 is 5.32 Å². The summed E-state index contributed by atoms with van der Waals surface area (Å²) in [5.41, 5.74) is 0.487. The smallest absolute Gasteiger partial charge is 0.159 e. The molecule has 0 saturated carbocycles. The first-order valence-corrected chi connectivity index (χ1v) is 8.57. The van der Waals surface area contributed by atoms with Crippen LogP contribution in [0, 0.1) is 11.6 Å². The van der Waals surface area contributed by atoms with E-state index in [0.717, 1.165) is 18.6 Å². The first-order chi connectivity index (χ1) is 9.45. The summed E-state index contributed by atoms with van der Waals surface area (Å²) < 4.78 is 50.8. The molecule has 1 aliphatic rings. The molecular weight excluding hydrogens is 284 g/mol. The van der Waals surface area contributed by atoms with Gasteiger partial charge in [-0.25, -0.2) is 17.2 Å². The van der Waals surface area contributed by atoms with Gasteiger partial charge in [-0.2, -0.15) is 0 Å². The summed E-state index contributed by atoms with van der Waals surface area (Å²) in [6, 6.07) is 3.10. The largest absolute Gasteiger partial charge is 0.309 e. The Morgan fingerprint density at radius 1 is 1.30 bits per heavy atom. The molecule has 1 aliphatic heterocycles. The second kappa shape index (κ2) is 6.18. The quantitative estimate of drug-likeness (QED) is 0.930. The molecular formula is C14H19F2NO2S. The van der Waals surface area contributed by atoms with Gasteiger partial charge in [-0.15, -0.1) is 0 Å². The average Bonchev–Trinajstić information content (AvgIpc) is 2.40. The fourth-order valence-corrected chi connectivity index (χ4v) is 4.85. The molecule has 1 N–H and O–H groups in total. The van der Waals surface area contributed by atoms with Crippen molar-refractivity contribution in [1.29, 1.82) is 0 Å². The summed E-state index contributed by atoms with van der Waals surface area (Å²) in [4.78, 5) is 0. The van der Waals surface area contributed by atoms with Gasteiger partial charge in [0.2, 0.25) is 0 Å². The lowest BCUT2D eigenvalue weighted by Crippen LogP contribution is -2.40. The Labute approximate surface area is 118 Å². The van der Waals surface area contributed by atoms with Crippen molar-refractivity contribution in [2.75, 3.05) is 12.3 Å². The third kappa shape index (κ3) is 3.17. The predicted octanol–water partition coefficient (Wildman–Crippen LogP) is 2.58. The van der Waals surface area contributed by atoms with E-state index in [9.17, 15) is 17.2 Å². The van der Waals surface area contributed by atoms with Gasteiger partial charge in [0.05, 0.1) is 11.0 Å². The summed E-state index contributed by atoms with van der Waals surface area (Å²) in [5, 5.41) is 2.53. The molecule has 6 heteroatoms. The lowest BCUT2D eigenvalue weighted by molar-refractivity contribution is 0.448. The lowest BCUT2D eigenvalue weighted by atomic mass is 9.99. The molecule has 1 aromatic carbocycles. The van der Waals surface area contributed by atoms with Crippen LogP contribution in [-0.2, 0) is 9.84 Å². The molecule has 1 fully saturated rings. The number of halogens is 2. The minimum absolute atomic E-state index is 0.170. The molecule has 20 heavy (non-hydrogen) atoms. The maximum Gasteiger partial charge on any atom is 0.159 e. The van der Waals surface area contributed by atoms with Crippen molar-refractivity contribution in [3.05, 3.63) is 35.4 Å². The van der Waals surface area contributed by atoms with Crippen molar-refractivity contribution in [2.45, 2.75) is 37.5 Å². The van der Waals surface area contributed by atoms with E-state index >= 15 is 0 Å². The highest BCUT2D eigenvalue weighted by Gasteiger charge is 2.36. The van der Waals surface area contributed by atoms with E-state index in [-0.39, 0.29) is 5.75 Å². The minimum atomic E-state index is -3.19. The molecule has 0 spiro atoms. The number of benzene rings is 1. The molecule has 1 heterocycles. The molecule has 0 aliphatic carbocycles. The van der Waals surface area contributed by atoms with E-state index < -0.39 is 32.8 Å². The normalized spacial score (nSPS) is 23.4. The van der Waals surface area contributed by atoms with Crippen molar-refractivity contribution >= 4 is 9.84 Å². The fraction of sp³-hybridized carbons (Fsp3) is 0.571. The molecule has 0 aromatic heterocycles. The first kappa shape index (κ1) is 15.4. The second-order valence-electron chi connectivity index (χ2n) is 5.11. The summed E-state index contributed by atoms with van der Waals surface area (Å²) in [5.74, 6) is -1.70. The van der Waals surface area contributed by atoms with E-state index in [2.05, 4.69) is 5.32 Å².